The second-order valence-corrected chi connectivity index (χ2v) is 12.9. The summed E-state index contributed by atoms with van der Waals surface area (Å²) in [7, 11) is -2.57. The van der Waals surface area contributed by atoms with Gasteiger partial charge in [-0.05, 0) is 35.2 Å². The van der Waals surface area contributed by atoms with Gasteiger partial charge in [0.1, 0.15) is 0 Å². The highest BCUT2D eigenvalue weighted by molar-refractivity contribution is 6.99. The van der Waals surface area contributed by atoms with E-state index < -0.39 is 19.7 Å². The molecule has 1 aliphatic carbocycles. The summed E-state index contributed by atoms with van der Waals surface area (Å²) in [5, 5.41) is 11.9. The SMILES string of the molecule is CC1(C(=O)O)CC(O[Si](c2ccccc2)(c2ccccc2)C(C)(C)C)C1. The molecule has 0 aromatic heterocycles. The Labute approximate surface area is 157 Å². The Morgan fingerprint density at radius 1 is 1.00 bits per heavy atom. The Hall–Kier alpha value is -1.91. The lowest BCUT2D eigenvalue weighted by Gasteiger charge is -2.50. The first-order chi connectivity index (χ1) is 12.2. The lowest BCUT2D eigenvalue weighted by molar-refractivity contribution is -0.159. The number of hydrogen-bond acceptors (Lipinski definition) is 2. The van der Waals surface area contributed by atoms with Crippen molar-refractivity contribution >= 4 is 24.7 Å². The average molecular weight is 369 g/mol. The van der Waals surface area contributed by atoms with Gasteiger partial charge in [0.25, 0.3) is 8.32 Å². The van der Waals surface area contributed by atoms with Crippen LogP contribution in [0.5, 0.6) is 0 Å². The zero-order chi connectivity index (χ0) is 19.0. The van der Waals surface area contributed by atoms with Crippen molar-refractivity contribution in [2.45, 2.75) is 51.7 Å². The van der Waals surface area contributed by atoms with Gasteiger partial charge < -0.3 is 9.53 Å². The molecule has 1 saturated carbocycles. The molecule has 0 saturated heterocycles. The maximum atomic E-state index is 11.5. The largest absolute Gasteiger partial charge is 0.481 e. The first kappa shape index (κ1) is 18.9. The topological polar surface area (TPSA) is 46.5 Å². The molecule has 4 heteroatoms. The predicted molar refractivity (Wildman–Crippen MR) is 107 cm³/mol. The van der Waals surface area contributed by atoms with Crippen LogP contribution in [0.1, 0.15) is 40.5 Å². The molecule has 0 atom stereocenters. The van der Waals surface area contributed by atoms with Crippen LogP contribution in [0.15, 0.2) is 60.7 Å². The molecule has 0 radical (unpaired) electrons. The highest BCUT2D eigenvalue weighted by Crippen LogP contribution is 2.46. The highest BCUT2D eigenvalue weighted by Gasteiger charge is 2.55. The maximum absolute atomic E-state index is 11.5. The number of hydrogen-bond donors (Lipinski definition) is 1. The van der Waals surface area contributed by atoms with Crippen LogP contribution in [0.4, 0.5) is 0 Å². The van der Waals surface area contributed by atoms with Crippen molar-refractivity contribution in [1.82, 2.24) is 0 Å². The normalized spacial score (nSPS) is 23.3. The van der Waals surface area contributed by atoms with Crippen molar-refractivity contribution < 1.29 is 14.3 Å². The zero-order valence-electron chi connectivity index (χ0n) is 16.0. The molecular formula is C22H28O3Si. The van der Waals surface area contributed by atoms with Crippen LogP contribution in [0.3, 0.4) is 0 Å². The summed E-state index contributed by atoms with van der Waals surface area (Å²) >= 11 is 0. The summed E-state index contributed by atoms with van der Waals surface area (Å²) in [5.41, 5.74) is -0.657. The van der Waals surface area contributed by atoms with E-state index in [4.69, 9.17) is 4.43 Å². The van der Waals surface area contributed by atoms with E-state index in [9.17, 15) is 9.90 Å². The molecule has 0 aliphatic heterocycles. The van der Waals surface area contributed by atoms with Gasteiger partial charge >= 0.3 is 5.97 Å². The van der Waals surface area contributed by atoms with E-state index in [-0.39, 0.29) is 11.1 Å². The molecule has 0 bridgehead atoms. The third kappa shape index (κ3) is 3.12. The van der Waals surface area contributed by atoms with Gasteiger partial charge in [-0.1, -0.05) is 81.4 Å². The molecule has 0 spiro atoms. The lowest BCUT2D eigenvalue weighted by atomic mass is 9.68. The fourth-order valence-electron chi connectivity index (χ4n) is 4.14. The van der Waals surface area contributed by atoms with Crippen LogP contribution in [-0.4, -0.2) is 25.5 Å². The Kier molecular flexibility index (Phi) is 4.84. The second-order valence-electron chi connectivity index (χ2n) is 8.68. The van der Waals surface area contributed by atoms with Crippen LogP contribution in [0, 0.1) is 5.41 Å². The van der Waals surface area contributed by atoms with E-state index in [0.29, 0.717) is 12.8 Å². The third-order valence-corrected chi connectivity index (χ3v) is 10.7. The van der Waals surface area contributed by atoms with Crippen molar-refractivity contribution in [2.75, 3.05) is 0 Å². The zero-order valence-corrected chi connectivity index (χ0v) is 17.0. The maximum Gasteiger partial charge on any atom is 0.309 e. The van der Waals surface area contributed by atoms with Gasteiger partial charge in [-0.3, -0.25) is 4.79 Å². The molecule has 26 heavy (non-hydrogen) atoms. The highest BCUT2D eigenvalue weighted by atomic mass is 28.4. The van der Waals surface area contributed by atoms with Crippen LogP contribution < -0.4 is 10.4 Å². The van der Waals surface area contributed by atoms with Gasteiger partial charge in [-0.15, -0.1) is 0 Å². The summed E-state index contributed by atoms with van der Waals surface area (Å²) in [5.74, 6) is -0.722. The van der Waals surface area contributed by atoms with E-state index in [2.05, 4.69) is 69.3 Å². The first-order valence-electron chi connectivity index (χ1n) is 9.21. The van der Waals surface area contributed by atoms with Crippen molar-refractivity contribution in [1.29, 1.82) is 0 Å². The quantitative estimate of drug-likeness (QED) is 0.816. The molecule has 1 aliphatic rings. The van der Waals surface area contributed by atoms with E-state index >= 15 is 0 Å². The van der Waals surface area contributed by atoms with E-state index in [1.165, 1.54) is 10.4 Å². The van der Waals surface area contributed by atoms with Crippen molar-refractivity contribution in [3.8, 4) is 0 Å². The van der Waals surface area contributed by atoms with Crippen LogP contribution in [0.25, 0.3) is 0 Å². The molecule has 0 heterocycles. The smallest absolute Gasteiger partial charge is 0.309 e. The molecule has 0 unspecified atom stereocenters. The van der Waals surface area contributed by atoms with Gasteiger partial charge in [-0.25, -0.2) is 0 Å². The molecule has 1 N–H and O–H groups in total. The third-order valence-electron chi connectivity index (χ3n) is 5.63. The van der Waals surface area contributed by atoms with E-state index in [0.717, 1.165) is 0 Å². The van der Waals surface area contributed by atoms with Crippen molar-refractivity contribution in [3.63, 3.8) is 0 Å². The Bertz CT molecular complexity index is 719. The van der Waals surface area contributed by atoms with Crippen LogP contribution >= 0.6 is 0 Å². The van der Waals surface area contributed by atoms with Gasteiger partial charge in [0.15, 0.2) is 0 Å². The summed E-state index contributed by atoms with van der Waals surface area (Å²) in [4.78, 5) is 11.5. The minimum Gasteiger partial charge on any atom is -0.481 e. The molecule has 3 nitrogen and oxygen atoms in total. The molecule has 2 aromatic carbocycles. The van der Waals surface area contributed by atoms with Crippen molar-refractivity contribution in [3.05, 3.63) is 60.7 Å². The summed E-state index contributed by atoms with van der Waals surface area (Å²) in [6.07, 6.45) is 1.14. The summed E-state index contributed by atoms with van der Waals surface area (Å²) in [6, 6.07) is 21.0. The van der Waals surface area contributed by atoms with Gasteiger partial charge in [0.05, 0.1) is 5.41 Å². The fourth-order valence-corrected chi connectivity index (χ4v) is 8.83. The molecule has 138 valence electrons. The second kappa shape index (κ2) is 6.67. The summed E-state index contributed by atoms with van der Waals surface area (Å²) in [6.45, 7) is 8.55. The van der Waals surface area contributed by atoms with Crippen LogP contribution in [0.2, 0.25) is 5.04 Å². The van der Waals surface area contributed by atoms with Gasteiger partial charge in [0.2, 0.25) is 0 Å². The van der Waals surface area contributed by atoms with Gasteiger partial charge in [-0.2, -0.15) is 0 Å². The Morgan fingerprint density at radius 3 is 1.77 bits per heavy atom. The number of rotatable bonds is 5. The monoisotopic (exact) mass is 368 g/mol. The Balaban J connectivity index is 2.06. The summed E-state index contributed by atoms with van der Waals surface area (Å²) < 4.78 is 6.93. The predicted octanol–water partition coefficient (Wildman–Crippen LogP) is 3.82. The standard InChI is InChI=1S/C22H28O3Si/c1-21(2,3)26(18-11-7-5-8-12-18,19-13-9-6-10-14-19)25-17-15-22(4,16-17)20(23)24/h5-14,17H,15-16H2,1-4H3,(H,23,24). The molecule has 1 fully saturated rings. The molecule has 2 aromatic rings. The van der Waals surface area contributed by atoms with E-state index in [1.807, 2.05) is 19.1 Å². The number of carboxylic acids is 1. The number of carboxylic acid groups (broad SMARTS) is 1. The molecular weight excluding hydrogens is 340 g/mol. The van der Waals surface area contributed by atoms with Crippen molar-refractivity contribution in [2.24, 2.45) is 5.41 Å². The lowest BCUT2D eigenvalue weighted by Crippen LogP contribution is -2.69. The molecule has 0 amide bonds. The minimum absolute atomic E-state index is 0.0117. The minimum atomic E-state index is -2.57. The number of benzene rings is 2. The first-order valence-corrected chi connectivity index (χ1v) is 11.1. The van der Waals surface area contributed by atoms with Crippen LogP contribution in [-0.2, 0) is 9.22 Å². The van der Waals surface area contributed by atoms with E-state index in [1.54, 1.807) is 0 Å². The number of carbonyl (C=O) groups is 1. The fraction of sp³-hybridized carbons (Fsp3) is 0.409. The Morgan fingerprint density at radius 2 is 1.42 bits per heavy atom. The average Bonchev–Trinajstić information content (AvgIpc) is 2.58. The molecule has 3 rings (SSSR count). The number of aliphatic carboxylic acids is 1. The van der Waals surface area contributed by atoms with Gasteiger partial charge in [0, 0.05) is 6.10 Å².